The van der Waals surface area contributed by atoms with Crippen LogP contribution in [0.2, 0.25) is 0 Å². The first-order valence-electron chi connectivity index (χ1n) is 23.1. The van der Waals surface area contributed by atoms with Crippen LogP contribution in [0.3, 0.4) is 0 Å². The van der Waals surface area contributed by atoms with Crippen molar-refractivity contribution in [3.8, 4) is 67.0 Å². The Morgan fingerprint density at radius 2 is 0.758 bits per heavy atom. The molecular weight excluding hydrogens is 749 g/mol. The van der Waals surface area contributed by atoms with E-state index < -0.39 is 0 Å². The molecule has 4 aliphatic rings. The van der Waals surface area contributed by atoms with Crippen LogP contribution in [0.5, 0.6) is 0 Å². The molecule has 0 amide bonds. The molecule has 2 saturated carbocycles. The largest absolute Gasteiger partial charge is 0.236 e. The van der Waals surface area contributed by atoms with Gasteiger partial charge in [-0.3, -0.25) is 0 Å². The molecule has 1 heterocycles. The Bertz CT molecular complexity index is 3240. The fourth-order valence-electron chi connectivity index (χ4n) is 12.8. The number of nitrogens with zero attached hydrogens (tertiary/aromatic N) is 2. The summed E-state index contributed by atoms with van der Waals surface area (Å²) in [7, 11) is 0. The van der Waals surface area contributed by atoms with Gasteiger partial charge in [-0.2, -0.15) is 0 Å². The smallest absolute Gasteiger partial charge is 0.159 e. The molecule has 298 valence electrons. The molecule has 13 rings (SSSR count). The van der Waals surface area contributed by atoms with Gasteiger partial charge in [0.2, 0.25) is 0 Å². The predicted octanol–water partition coefficient (Wildman–Crippen LogP) is 15.9. The lowest BCUT2D eigenvalue weighted by atomic mass is 9.67. The van der Waals surface area contributed by atoms with E-state index in [0.717, 1.165) is 22.5 Å². The van der Waals surface area contributed by atoms with Gasteiger partial charge in [-0.05, 0) is 138 Å². The number of rotatable bonds is 4. The van der Waals surface area contributed by atoms with E-state index in [9.17, 15) is 0 Å². The summed E-state index contributed by atoms with van der Waals surface area (Å²) >= 11 is 0. The lowest BCUT2D eigenvalue weighted by Gasteiger charge is -2.36. The van der Waals surface area contributed by atoms with Crippen LogP contribution in [-0.2, 0) is 10.8 Å². The normalized spacial score (nSPS) is 16.6. The number of hydrogen-bond donors (Lipinski definition) is 0. The molecule has 2 nitrogen and oxygen atoms in total. The second-order valence-electron chi connectivity index (χ2n) is 18.6. The molecule has 2 heteroatoms. The highest BCUT2D eigenvalue weighted by Gasteiger charge is 2.45. The average molecular weight is 797 g/mol. The summed E-state index contributed by atoms with van der Waals surface area (Å²) < 4.78 is 0. The van der Waals surface area contributed by atoms with Crippen LogP contribution in [0.15, 0.2) is 170 Å². The first-order valence-corrected chi connectivity index (χ1v) is 23.1. The Hall–Kier alpha value is -6.64. The summed E-state index contributed by atoms with van der Waals surface area (Å²) in [5, 5.41) is 5.16. The standard InChI is InChI=1S/C60H48N2/c1-4-16-39(17-5-1)58-61-37-43(38-62-58)40-24-29-50-51(34-40)57(42-26-28-47-45-19-9-11-23-53(45)60(55(47)36-42)32-14-3-15-33-60)49-21-7-6-20-48(49)56(50)41-25-27-46-44-18-8-10-22-52(44)59(54(46)35-41)30-12-2-13-31-59/h1,4-11,16-29,34-38H,2-3,12-15,30-33H2. The van der Waals surface area contributed by atoms with Crippen molar-refractivity contribution in [1.82, 2.24) is 9.97 Å². The fraction of sp³-hybridized carbons (Fsp3) is 0.200. The van der Waals surface area contributed by atoms with Crippen molar-refractivity contribution in [3.63, 3.8) is 0 Å². The van der Waals surface area contributed by atoms with Crippen LogP contribution in [0.25, 0.3) is 88.6 Å². The minimum absolute atomic E-state index is 0.0752. The molecule has 2 fully saturated rings. The first-order chi connectivity index (χ1) is 30.7. The molecule has 62 heavy (non-hydrogen) atoms. The highest BCUT2D eigenvalue weighted by molar-refractivity contribution is 6.22. The van der Waals surface area contributed by atoms with Gasteiger partial charge in [-0.15, -0.1) is 0 Å². The van der Waals surface area contributed by atoms with Crippen molar-refractivity contribution >= 4 is 21.5 Å². The highest BCUT2D eigenvalue weighted by atomic mass is 14.9. The van der Waals surface area contributed by atoms with Crippen molar-refractivity contribution in [3.05, 3.63) is 192 Å². The zero-order valence-electron chi connectivity index (χ0n) is 35.1. The Morgan fingerprint density at radius 1 is 0.306 bits per heavy atom. The molecule has 0 radical (unpaired) electrons. The van der Waals surface area contributed by atoms with Gasteiger partial charge >= 0.3 is 0 Å². The van der Waals surface area contributed by atoms with Gasteiger partial charge in [0.1, 0.15) is 0 Å². The zero-order valence-corrected chi connectivity index (χ0v) is 35.1. The maximum atomic E-state index is 4.89. The van der Waals surface area contributed by atoms with E-state index >= 15 is 0 Å². The minimum atomic E-state index is 0.0752. The van der Waals surface area contributed by atoms with E-state index in [1.165, 1.54) is 153 Å². The molecule has 0 bridgehead atoms. The van der Waals surface area contributed by atoms with Crippen molar-refractivity contribution in [2.75, 3.05) is 0 Å². The Balaban J connectivity index is 1.06. The molecule has 0 N–H and O–H groups in total. The summed E-state index contributed by atoms with van der Waals surface area (Å²) in [4.78, 5) is 9.78. The molecule has 0 aliphatic heterocycles. The van der Waals surface area contributed by atoms with Crippen LogP contribution in [0.1, 0.15) is 86.5 Å². The summed E-state index contributed by atoms with van der Waals surface area (Å²) in [5.41, 5.74) is 20.4. The second-order valence-corrected chi connectivity index (χ2v) is 18.6. The van der Waals surface area contributed by atoms with Crippen LogP contribution in [0.4, 0.5) is 0 Å². The minimum Gasteiger partial charge on any atom is -0.236 e. The molecule has 2 spiro atoms. The van der Waals surface area contributed by atoms with Gasteiger partial charge in [0.05, 0.1) is 0 Å². The lowest BCUT2D eigenvalue weighted by molar-refractivity contribution is 0.353. The third-order valence-corrected chi connectivity index (χ3v) is 15.6. The predicted molar refractivity (Wildman–Crippen MR) is 257 cm³/mol. The van der Waals surface area contributed by atoms with Crippen molar-refractivity contribution < 1.29 is 0 Å². The Kier molecular flexibility index (Phi) is 8.11. The van der Waals surface area contributed by atoms with E-state index in [0.29, 0.717) is 0 Å². The van der Waals surface area contributed by atoms with Crippen LogP contribution in [0, 0.1) is 0 Å². The molecule has 0 unspecified atom stereocenters. The number of hydrogen-bond acceptors (Lipinski definition) is 2. The van der Waals surface area contributed by atoms with E-state index in [4.69, 9.17) is 9.97 Å². The summed E-state index contributed by atoms with van der Waals surface area (Å²) in [6.45, 7) is 0. The van der Waals surface area contributed by atoms with E-state index in [2.05, 4.69) is 140 Å². The topological polar surface area (TPSA) is 25.8 Å². The van der Waals surface area contributed by atoms with Gasteiger partial charge in [0.15, 0.2) is 5.82 Å². The molecule has 1 aromatic heterocycles. The molecule has 8 aromatic carbocycles. The van der Waals surface area contributed by atoms with Gasteiger partial charge in [0, 0.05) is 34.4 Å². The van der Waals surface area contributed by atoms with Crippen LogP contribution in [-0.4, -0.2) is 9.97 Å². The third kappa shape index (κ3) is 5.22. The van der Waals surface area contributed by atoms with Crippen LogP contribution < -0.4 is 0 Å². The van der Waals surface area contributed by atoms with Gasteiger partial charge in [-0.25, -0.2) is 9.97 Å². The summed E-state index contributed by atoms with van der Waals surface area (Å²) in [6.07, 6.45) is 16.6. The maximum absolute atomic E-state index is 4.89. The van der Waals surface area contributed by atoms with Crippen molar-refractivity contribution in [2.45, 2.75) is 75.0 Å². The van der Waals surface area contributed by atoms with Gasteiger partial charge < -0.3 is 0 Å². The summed E-state index contributed by atoms with van der Waals surface area (Å²) in [5.74, 6) is 0.745. The third-order valence-electron chi connectivity index (χ3n) is 15.6. The number of fused-ring (bicyclic) bond motifs is 12. The van der Waals surface area contributed by atoms with Gasteiger partial charge in [-0.1, -0.05) is 178 Å². The second kappa shape index (κ2) is 13.9. The molecular formula is C60H48N2. The zero-order chi connectivity index (χ0) is 40.8. The Morgan fingerprint density at radius 3 is 1.32 bits per heavy atom. The molecule has 9 aromatic rings. The SMILES string of the molecule is c1ccc(-c2ncc(-c3ccc4c(-c5ccc6c(c5)C5(CCCCC5)c5ccccc5-6)c5ccccc5c(-c5ccc6c(c5)C5(CCCCC5)c5ccccc5-6)c4c3)cn2)cc1. The van der Waals surface area contributed by atoms with Crippen molar-refractivity contribution in [2.24, 2.45) is 0 Å². The maximum Gasteiger partial charge on any atom is 0.159 e. The summed E-state index contributed by atoms with van der Waals surface area (Å²) in [6, 6.07) is 60.1. The lowest BCUT2D eigenvalue weighted by Crippen LogP contribution is -2.28. The van der Waals surface area contributed by atoms with E-state index in [-0.39, 0.29) is 10.8 Å². The molecule has 0 atom stereocenters. The van der Waals surface area contributed by atoms with Crippen molar-refractivity contribution in [1.29, 1.82) is 0 Å². The highest BCUT2D eigenvalue weighted by Crippen LogP contribution is 2.59. The fourth-order valence-corrected chi connectivity index (χ4v) is 12.8. The molecule has 4 aliphatic carbocycles. The number of benzene rings is 8. The Labute approximate surface area is 364 Å². The van der Waals surface area contributed by atoms with Gasteiger partial charge in [0.25, 0.3) is 0 Å². The van der Waals surface area contributed by atoms with E-state index in [1.54, 1.807) is 0 Å². The molecule has 0 saturated heterocycles. The van der Waals surface area contributed by atoms with Crippen LogP contribution >= 0.6 is 0 Å². The first kappa shape index (κ1) is 36.1. The quantitative estimate of drug-likeness (QED) is 0.166. The number of aromatic nitrogens is 2. The average Bonchev–Trinajstić information content (AvgIpc) is 3.76. The van der Waals surface area contributed by atoms with E-state index in [1.807, 2.05) is 30.6 Å². The monoisotopic (exact) mass is 796 g/mol.